The van der Waals surface area contributed by atoms with Crippen LogP contribution < -0.4 is 0 Å². The van der Waals surface area contributed by atoms with E-state index < -0.39 is 0 Å². The summed E-state index contributed by atoms with van der Waals surface area (Å²) in [6.45, 7) is 12.6. The number of allylic oxidation sites excluding steroid dienone is 6. The van der Waals surface area contributed by atoms with Crippen molar-refractivity contribution in [1.29, 1.82) is 0 Å². The quantitative estimate of drug-likeness (QED) is 0.406. The van der Waals surface area contributed by atoms with Gasteiger partial charge in [0.2, 0.25) is 0 Å². The highest BCUT2D eigenvalue weighted by molar-refractivity contribution is 6.48. The zero-order valence-corrected chi connectivity index (χ0v) is 17.0. The Morgan fingerprint density at radius 1 is 1.25 bits per heavy atom. The summed E-state index contributed by atoms with van der Waals surface area (Å²) in [5.74, 6) is 0.829. The predicted molar refractivity (Wildman–Crippen MR) is 109 cm³/mol. The second kappa shape index (κ2) is 10.7. The van der Waals surface area contributed by atoms with E-state index >= 15 is 0 Å². The molecule has 1 rings (SSSR count). The number of hydrogen-bond acceptors (Lipinski definition) is 2. The van der Waals surface area contributed by atoms with E-state index in [0.29, 0.717) is 11.1 Å². The van der Waals surface area contributed by atoms with Crippen molar-refractivity contribution in [3.63, 3.8) is 0 Å². The smallest absolute Gasteiger partial charge is 0.0902 e. The molecule has 0 radical (unpaired) electrons. The molecule has 0 aromatic rings. The van der Waals surface area contributed by atoms with Crippen LogP contribution in [0.4, 0.5) is 0 Å². The molecule has 134 valence electrons. The summed E-state index contributed by atoms with van der Waals surface area (Å²) >= 11 is 6.52. The van der Waals surface area contributed by atoms with Crippen LogP contribution in [-0.2, 0) is 0 Å². The van der Waals surface area contributed by atoms with Gasteiger partial charge in [0, 0.05) is 23.5 Å². The van der Waals surface area contributed by atoms with Crippen LogP contribution in [0.2, 0.25) is 0 Å². The van der Waals surface area contributed by atoms with Crippen molar-refractivity contribution in [2.24, 2.45) is 15.9 Å². The first kappa shape index (κ1) is 20.9. The summed E-state index contributed by atoms with van der Waals surface area (Å²) in [4.78, 5) is 9.53. The minimum atomic E-state index is 0.312. The molecule has 1 fully saturated rings. The molecule has 24 heavy (non-hydrogen) atoms. The molecule has 1 aliphatic rings. The lowest BCUT2D eigenvalue weighted by Gasteiger charge is -2.13. The molecule has 0 heterocycles. The maximum atomic E-state index is 6.52. The molecule has 3 heteroatoms. The standard InChI is InChI=1S/C21H33ClN2/c1-7-10-17(6)24-21(20(22)9-3)19(14-23-16(5)8-2)15(4)13-18-11-12-18/h9-10,14,16,18H,7-8,11-13H2,1-6H3/b17-10+,19-15+,20-9+,23-14?,24-21+/t16-/m1/s1. The summed E-state index contributed by atoms with van der Waals surface area (Å²) in [6.07, 6.45) is 11.8. The van der Waals surface area contributed by atoms with E-state index in [2.05, 4.69) is 33.8 Å². The van der Waals surface area contributed by atoms with Crippen molar-refractivity contribution in [3.8, 4) is 0 Å². The van der Waals surface area contributed by atoms with E-state index in [0.717, 1.165) is 42.2 Å². The Bertz CT molecular complexity index is 560. The first-order chi connectivity index (χ1) is 11.4. The monoisotopic (exact) mass is 348 g/mol. The lowest BCUT2D eigenvalue weighted by atomic mass is 9.99. The third kappa shape index (κ3) is 7.17. The molecule has 0 unspecified atom stereocenters. The maximum Gasteiger partial charge on any atom is 0.0902 e. The molecule has 1 saturated carbocycles. The van der Waals surface area contributed by atoms with Crippen LogP contribution in [0, 0.1) is 5.92 Å². The summed E-state index contributed by atoms with van der Waals surface area (Å²) < 4.78 is 0. The van der Waals surface area contributed by atoms with Gasteiger partial charge < -0.3 is 0 Å². The van der Waals surface area contributed by atoms with Crippen LogP contribution in [0.15, 0.2) is 44.0 Å². The fraction of sp³-hybridized carbons (Fsp3) is 0.619. The molecular weight excluding hydrogens is 316 g/mol. The summed E-state index contributed by atoms with van der Waals surface area (Å²) in [7, 11) is 0. The molecule has 2 nitrogen and oxygen atoms in total. The van der Waals surface area contributed by atoms with E-state index in [9.17, 15) is 0 Å². The van der Waals surface area contributed by atoms with Crippen molar-refractivity contribution in [2.45, 2.75) is 79.7 Å². The van der Waals surface area contributed by atoms with Crippen LogP contribution in [0.25, 0.3) is 0 Å². The van der Waals surface area contributed by atoms with E-state index in [-0.39, 0.29) is 0 Å². The second-order valence-electron chi connectivity index (χ2n) is 6.73. The molecule has 1 aliphatic carbocycles. The van der Waals surface area contributed by atoms with E-state index in [4.69, 9.17) is 21.6 Å². The Balaban J connectivity index is 3.33. The van der Waals surface area contributed by atoms with Crippen molar-refractivity contribution < 1.29 is 0 Å². The average Bonchev–Trinajstić information content (AvgIpc) is 3.36. The van der Waals surface area contributed by atoms with Crippen LogP contribution in [-0.4, -0.2) is 18.0 Å². The predicted octanol–water partition coefficient (Wildman–Crippen LogP) is 6.87. The molecule has 0 aromatic carbocycles. The highest BCUT2D eigenvalue weighted by atomic mass is 35.5. The Morgan fingerprint density at radius 2 is 1.92 bits per heavy atom. The van der Waals surface area contributed by atoms with Gasteiger partial charge in [-0.2, -0.15) is 0 Å². The maximum absolute atomic E-state index is 6.52. The number of nitrogens with zero attached hydrogens (tertiary/aromatic N) is 2. The topological polar surface area (TPSA) is 24.7 Å². The van der Waals surface area contributed by atoms with Crippen LogP contribution in [0.5, 0.6) is 0 Å². The molecule has 1 atom stereocenters. The number of hydrogen-bond donors (Lipinski definition) is 0. The minimum absolute atomic E-state index is 0.312. The molecule has 0 bridgehead atoms. The van der Waals surface area contributed by atoms with Gasteiger partial charge in [0.1, 0.15) is 0 Å². The highest BCUT2D eigenvalue weighted by Gasteiger charge is 2.23. The van der Waals surface area contributed by atoms with Gasteiger partial charge in [-0.25, -0.2) is 0 Å². The van der Waals surface area contributed by atoms with E-state index in [1.165, 1.54) is 18.4 Å². The molecule has 0 aromatic heterocycles. The van der Waals surface area contributed by atoms with Gasteiger partial charge in [0.15, 0.2) is 0 Å². The number of aliphatic imine (C=N–C) groups is 2. The van der Waals surface area contributed by atoms with Gasteiger partial charge >= 0.3 is 0 Å². The van der Waals surface area contributed by atoms with Crippen LogP contribution in [0.3, 0.4) is 0 Å². The van der Waals surface area contributed by atoms with Crippen LogP contribution >= 0.6 is 11.6 Å². The first-order valence-electron chi connectivity index (χ1n) is 9.23. The van der Waals surface area contributed by atoms with Crippen molar-refractivity contribution >= 4 is 23.5 Å². The van der Waals surface area contributed by atoms with Crippen molar-refractivity contribution in [1.82, 2.24) is 0 Å². The van der Waals surface area contributed by atoms with E-state index in [1.54, 1.807) is 0 Å². The number of halogens is 1. The van der Waals surface area contributed by atoms with Gasteiger partial charge in [-0.05, 0) is 65.7 Å². The number of rotatable bonds is 9. The minimum Gasteiger partial charge on any atom is -0.289 e. The molecule has 0 saturated heterocycles. The molecule has 0 amide bonds. The normalized spacial score (nSPS) is 19.7. The first-order valence-corrected chi connectivity index (χ1v) is 9.61. The lowest BCUT2D eigenvalue weighted by Crippen LogP contribution is -2.10. The third-order valence-electron chi connectivity index (χ3n) is 4.32. The van der Waals surface area contributed by atoms with Gasteiger partial charge in [-0.1, -0.05) is 43.2 Å². The SMILES string of the molecule is C/C=C(/Cl)C(=N/C(C)=C/CC)/C(C=N[C@H](C)CC)=C(\C)CC1CC1. The lowest BCUT2D eigenvalue weighted by molar-refractivity contribution is 0.720. The summed E-state index contributed by atoms with van der Waals surface area (Å²) in [5.41, 5.74) is 4.29. The second-order valence-corrected chi connectivity index (χ2v) is 7.13. The zero-order chi connectivity index (χ0) is 18.1. The summed E-state index contributed by atoms with van der Waals surface area (Å²) in [6, 6.07) is 0.312. The Kier molecular flexibility index (Phi) is 9.28. The fourth-order valence-electron chi connectivity index (χ4n) is 2.44. The summed E-state index contributed by atoms with van der Waals surface area (Å²) in [5, 5.41) is 0.694. The average molecular weight is 349 g/mol. The van der Waals surface area contributed by atoms with Gasteiger partial charge in [0.25, 0.3) is 0 Å². The van der Waals surface area contributed by atoms with Gasteiger partial charge in [-0.3, -0.25) is 9.98 Å². The Hall–Kier alpha value is -1.15. The fourth-order valence-corrected chi connectivity index (χ4v) is 2.59. The van der Waals surface area contributed by atoms with Gasteiger partial charge in [0.05, 0.1) is 10.7 Å². The van der Waals surface area contributed by atoms with Gasteiger partial charge in [-0.15, -0.1) is 0 Å². The highest BCUT2D eigenvalue weighted by Crippen LogP contribution is 2.36. The Morgan fingerprint density at radius 3 is 2.42 bits per heavy atom. The van der Waals surface area contributed by atoms with Crippen LogP contribution in [0.1, 0.15) is 73.6 Å². The molecule has 0 aliphatic heterocycles. The van der Waals surface area contributed by atoms with Crippen molar-refractivity contribution in [2.75, 3.05) is 0 Å². The molecule has 0 N–H and O–H groups in total. The zero-order valence-electron chi connectivity index (χ0n) is 16.2. The molecular formula is C21H33ClN2. The largest absolute Gasteiger partial charge is 0.289 e. The molecule has 0 spiro atoms. The van der Waals surface area contributed by atoms with E-state index in [1.807, 2.05) is 26.1 Å². The third-order valence-corrected chi connectivity index (χ3v) is 4.72. The Labute approximate surface area is 153 Å². The van der Waals surface area contributed by atoms with Crippen molar-refractivity contribution in [3.05, 3.63) is 34.0 Å².